The maximum absolute atomic E-state index is 13.9. The van der Waals surface area contributed by atoms with Crippen molar-refractivity contribution in [2.24, 2.45) is 0 Å². The number of nitrogens with zero attached hydrogens (tertiary/aromatic N) is 2. The standard InChI is InChI=1S/C16H19F2N3O2/c1-9-7-11(3)21(20-9)8-10(2)19-16(22)14-13(23-4)6-5-12(17)15(14)18/h5-7,10H,8H2,1-4H3,(H,19,22)/t10-/m1/s1. The zero-order chi connectivity index (χ0) is 17.1. The van der Waals surface area contributed by atoms with Crippen LogP contribution in [0.5, 0.6) is 5.75 Å². The Kier molecular flexibility index (Phi) is 4.98. The van der Waals surface area contributed by atoms with Gasteiger partial charge >= 0.3 is 0 Å². The molecule has 0 aliphatic carbocycles. The van der Waals surface area contributed by atoms with Crippen molar-refractivity contribution in [3.8, 4) is 5.75 Å². The second kappa shape index (κ2) is 6.76. The van der Waals surface area contributed by atoms with Gasteiger partial charge in [-0.1, -0.05) is 0 Å². The molecule has 0 fully saturated rings. The molecule has 1 heterocycles. The van der Waals surface area contributed by atoms with Crippen LogP contribution in [-0.4, -0.2) is 28.8 Å². The molecule has 0 bridgehead atoms. The van der Waals surface area contributed by atoms with Gasteiger partial charge in [0, 0.05) is 11.7 Å². The summed E-state index contributed by atoms with van der Waals surface area (Å²) in [5.74, 6) is -3.06. The Hall–Kier alpha value is -2.44. The van der Waals surface area contributed by atoms with Gasteiger partial charge in [-0.3, -0.25) is 9.48 Å². The molecular formula is C16H19F2N3O2. The molecule has 1 atom stereocenters. The van der Waals surface area contributed by atoms with Crippen LogP contribution in [-0.2, 0) is 6.54 Å². The summed E-state index contributed by atoms with van der Waals surface area (Å²) in [5, 5.41) is 6.94. The summed E-state index contributed by atoms with van der Waals surface area (Å²) < 4.78 is 34.0. The number of nitrogens with one attached hydrogen (secondary N) is 1. The van der Waals surface area contributed by atoms with E-state index in [-0.39, 0.29) is 11.8 Å². The maximum Gasteiger partial charge on any atom is 0.258 e. The van der Waals surface area contributed by atoms with E-state index in [2.05, 4.69) is 10.4 Å². The number of hydrogen-bond donors (Lipinski definition) is 1. The summed E-state index contributed by atoms with van der Waals surface area (Å²) in [6, 6.07) is 3.74. The number of carbonyl (C=O) groups excluding carboxylic acids is 1. The molecule has 0 aliphatic rings. The molecule has 7 heteroatoms. The topological polar surface area (TPSA) is 56.1 Å². The number of methoxy groups -OCH3 is 1. The molecule has 0 unspecified atom stereocenters. The van der Waals surface area contributed by atoms with Gasteiger partial charge in [-0.2, -0.15) is 5.10 Å². The molecular weight excluding hydrogens is 304 g/mol. The number of carbonyl (C=O) groups is 1. The van der Waals surface area contributed by atoms with E-state index >= 15 is 0 Å². The lowest BCUT2D eigenvalue weighted by Gasteiger charge is -2.16. The average molecular weight is 323 g/mol. The van der Waals surface area contributed by atoms with E-state index in [1.165, 1.54) is 13.2 Å². The average Bonchev–Trinajstić information content (AvgIpc) is 2.79. The quantitative estimate of drug-likeness (QED) is 0.920. The molecule has 1 aromatic heterocycles. The third kappa shape index (κ3) is 3.67. The summed E-state index contributed by atoms with van der Waals surface area (Å²) in [5.41, 5.74) is 1.39. The fourth-order valence-corrected chi connectivity index (χ4v) is 2.38. The zero-order valence-electron chi connectivity index (χ0n) is 13.5. The molecule has 0 radical (unpaired) electrons. The van der Waals surface area contributed by atoms with Crippen LogP contribution in [0.4, 0.5) is 8.78 Å². The van der Waals surface area contributed by atoms with Gasteiger partial charge in [-0.05, 0) is 39.0 Å². The predicted octanol–water partition coefficient (Wildman–Crippen LogP) is 2.61. The van der Waals surface area contributed by atoms with Crippen LogP contribution in [0, 0.1) is 25.5 Å². The van der Waals surface area contributed by atoms with Gasteiger partial charge in [0.2, 0.25) is 0 Å². The van der Waals surface area contributed by atoms with E-state index in [4.69, 9.17) is 4.74 Å². The minimum absolute atomic E-state index is 0.0142. The Bertz CT molecular complexity index is 728. The number of hydrogen-bond acceptors (Lipinski definition) is 3. The third-order valence-corrected chi connectivity index (χ3v) is 3.43. The Morgan fingerprint density at radius 3 is 2.65 bits per heavy atom. The highest BCUT2D eigenvalue weighted by Crippen LogP contribution is 2.23. The lowest BCUT2D eigenvalue weighted by molar-refractivity contribution is 0.0927. The summed E-state index contributed by atoms with van der Waals surface area (Å²) >= 11 is 0. The predicted molar refractivity (Wildman–Crippen MR) is 81.5 cm³/mol. The Balaban J connectivity index is 2.16. The van der Waals surface area contributed by atoms with Crippen molar-refractivity contribution in [3.63, 3.8) is 0 Å². The SMILES string of the molecule is COc1ccc(F)c(F)c1C(=O)N[C@H](C)Cn1nc(C)cc1C. The second-order valence-electron chi connectivity index (χ2n) is 5.42. The van der Waals surface area contributed by atoms with E-state index in [9.17, 15) is 13.6 Å². The first-order valence-corrected chi connectivity index (χ1v) is 7.17. The number of aryl methyl sites for hydroxylation is 2. The first-order chi connectivity index (χ1) is 10.8. The zero-order valence-corrected chi connectivity index (χ0v) is 13.5. The normalized spacial score (nSPS) is 12.1. The third-order valence-electron chi connectivity index (χ3n) is 3.43. The fraction of sp³-hybridized carbons (Fsp3) is 0.375. The summed E-state index contributed by atoms with van der Waals surface area (Å²) in [4.78, 5) is 12.3. The van der Waals surface area contributed by atoms with E-state index in [0.717, 1.165) is 17.5 Å². The highest BCUT2D eigenvalue weighted by Gasteiger charge is 2.22. The first kappa shape index (κ1) is 16.9. The Morgan fingerprint density at radius 1 is 1.39 bits per heavy atom. The Morgan fingerprint density at radius 2 is 2.09 bits per heavy atom. The van der Waals surface area contributed by atoms with Crippen LogP contribution in [0.2, 0.25) is 0 Å². The molecule has 23 heavy (non-hydrogen) atoms. The number of halogens is 2. The minimum Gasteiger partial charge on any atom is -0.496 e. The summed E-state index contributed by atoms with van der Waals surface area (Å²) in [6.45, 7) is 5.96. The fourth-order valence-electron chi connectivity index (χ4n) is 2.38. The van der Waals surface area contributed by atoms with Crippen molar-refractivity contribution >= 4 is 5.91 Å². The molecule has 5 nitrogen and oxygen atoms in total. The molecule has 0 saturated carbocycles. The van der Waals surface area contributed by atoms with Crippen molar-refractivity contribution in [3.05, 3.63) is 46.8 Å². The highest BCUT2D eigenvalue weighted by atomic mass is 19.2. The smallest absolute Gasteiger partial charge is 0.258 e. The number of rotatable bonds is 5. The van der Waals surface area contributed by atoms with Gasteiger partial charge < -0.3 is 10.1 Å². The van der Waals surface area contributed by atoms with Crippen LogP contribution in [0.25, 0.3) is 0 Å². The molecule has 1 aromatic carbocycles. The van der Waals surface area contributed by atoms with E-state index in [1.54, 1.807) is 11.6 Å². The van der Waals surface area contributed by atoms with Crippen LogP contribution in [0.1, 0.15) is 28.7 Å². The Labute approximate surface area is 133 Å². The van der Waals surface area contributed by atoms with Crippen LogP contribution in [0.15, 0.2) is 18.2 Å². The lowest BCUT2D eigenvalue weighted by Crippen LogP contribution is -2.37. The van der Waals surface area contributed by atoms with Crippen molar-refractivity contribution in [1.82, 2.24) is 15.1 Å². The monoisotopic (exact) mass is 323 g/mol. The largest absolute Gasteiger partial charge is 0.496 e. The molecule has 1 amide bonds. The van der Waals surface area contributed by atoms with E-state index in [1.807, 2.05) is 19.9 Å². The highest BCUT2D eigenvalue weighted by molar-refractivity contribution is 5.97. The van der Waals surface area contributed by atoms with Crippen LogP contribution in [0.3, 0.4) is 0 Å². The lowest BCUT2D eigenvalue weighted by atomic mass is 10.1. The number of aromatic nitrogens is 2. The molecule has 0 aliphatic heterocycles. The van der Waals surface area contributed by atoms with Gasteiger partial charge in [0.05, 0.1) is 19.3 Å². The minimum atomic E-state index is -1.22. The van der Waals surface area contributed by atoms with Gasteiger partial charge in [0.25, 0.3) is 5.91 Å². The van der Waals surface area contributed by atoms with Crippen molar-refractivity contribution < 1.29 is 18.3 Å². The van der Waals surface area contributed by atoms with Gasteiger partial charge in [-0.25, -0.2) is 8.78 Å². The molecule has 0 saturated heterocycles. The van der Waals surface area contributed by atoms with E-state index in [0.29, 0.717) is 6.54 Å². The van der Waals surface area contributed by atoms with Crippen molar-refractivity contribution in [1.29, 1.82) is 0 Å². The number of amides is 1. The van der Waals surface area contributed by atoms with Crippen molar-refractivity contribution in [2.45, 2.75) is 33.4 Å². The molecule has 124 valence electrons. The molecule has 2 aromatic rings. The van der Waals surface area contributed by atoms with Gasteiger partial charge in [0.15, 0.2) is 11.6 Å². The number of ether oxygens (including phenoxy) is 1. The van der Waals surface area contributed by atoms with Gasteiger partial charge in [-0.15, -0.1) is 0 Å². The molecule has 0 spiro atoms. The van der Waals surface area contributed by atoms with E-state index < -0.39 is 23.1 Å². The molecule has 2 rings (SSSR count). The molecule has 1 N–H and O–H groups in total. The first-order valence-electron chi connectivity index (χ1n) is 7.17. The van der Waals surface area contributed by atoms with Gasteiger partial charge in [0.1, 0.15) is 11.3 Å². The maximum atomic E-state index is 13.9. The van der Waals surface area contributed by atoms with Crippen LogP contribution >= 0.6 is 0 Å². The second-order valence-corrected chi connectivity index (χ2v) is 5.42. The summed E-state index contributed by atoms with van der Waals surface area (Å²) in [7, 11) is 1.29. The number of benzene rings is 1. The van der Waals surface area contributed by atoms with Crippen LogP contribution < -0.4 is 10.1 Å². The summed E-state index contributed by atoms with van der Waals surface area (Å²) in [6.07, 6.45) is 0. The van der Waals surface area contributed by atoms with Crippen molar-refractivity contribution in [2.75, 3.05) is 7.11 Å².